The van der Waals surface area contributed by atoms with Gasteiger partial charge in [-0.1, -0.05) is 12.2 Å². The maximum atomic E-state index is 12.9. The van der Waals surface area contributed by atoms with Gasteiger partial charge in [-0.05, 0) is 38.5 Å². The zero-order chi connectivity index (χ0) is 20.0. The number of amides is 2. The molecule has 2 fully saturated rings. The third-order valence-corrected chi connectivity index (χ3v) is 7.23. The molecule has 1 aliphatic carbocycles. The van der Waals surface area contributed by atoms with Crippen LogP contribution in [-0.2, 0) is 29.6 Å². The molecule has 2 amide bonds. The molecule has 3 aliphatic heterocycles. The normalized spacial score (nSPS) is 23.8. The van der Waals surface area contributed by atoms with Crippen molar-refractivity contribution in [2.75, 3.05) is 26.2 Å². The maximum Gasteiger partial charge on any atom is 0.274 e. The van der Waals surface area contributed by atoms with Gasteiger partial charge in [0.1, 0.15) is 0 Å². The van der Waals surface area contributed by atoms with E-state index in [0.717, 1.165) is 82.4 Å². The molecule has 7 nitrogen and oxygen atoms in total. The molecule has 5 rings (SSSR count). The van der Waals surface area contributed by atoms with Gasteiger partial charge in [-0.2, -0.15) is 5.10 Å². The number of fused-ring (bicyclic) bond motifs is 1. The van der Waals surface area contributed by atoms with Crippen LogP contribution in [0.4, 0.5) is 0 Å². The van der Waals surface area contributed by atoms with Crippen LogP contribution in [0, 0.1) is 5.92 Å². The molecule has 1 aromatic rings. The van der Waals surface area contributed by atoms with Gasteiger partial charge in [0.05, 0.1) is 12.2 Å². The van der Waals surface area contributed by atoms with E-state index in [4.69, 9.17) is 4.74 Å². The van der Waals surface area contributed by atoms with E-state index in [1.54, 1.807) is 0 Å². The molecule has 7 heteroatoms. The topological polar surface area (TPSA) is 67.7 Å². The van der Waals surface area contributed by atoms with Gasteiger partial charge in [0, 0.05) is 56.8 Å². The highest BCUT2D eigenvalue weighted by Gasteiger charge is 2.43. The first-order chi connectivity index (χ1) is 14.1. The van der Waals surface area contributed by atoms with Crippen LogP contribution in [0.2, 0.25) is 0 Å². The number of carbonyl (C=O) groups is 2. The summed E-state index contributed by atoms with van der Waals surface area (Å²) in [7, 11) is 1.93. The van der Waals surface area contributed by atoms with Crippen molar-refractivity contribution in [3.63, 3.8) is 0 Å². The van der Waals surface area contributed by atoms with Crippen molar-refractivity contribution in [1.29, 1.82) is 0 Å². The number of ether oxygens (including phenoxy) is 1. The Morgan fingerprint density at radius 1 is 1.07 bits per heavy atom. The zero-order valence-electron chi connectivity index (χ0n) is 17.2. The lowest BCUT2D eigenvalue weighted by Crippen LogP contribution is -2.51. The van der Waals surface area contributed by atoms with E-state index in [2.05, 4.69) is 17.3 Å². The molecule has 0 saturated carbocycles. The highest BCUT2D eigenvalue weighted by Crippen LogP contribution is 2.38. The van der Waals surface area contributed by atoms with Crippen LogP contribution in [-0.4, -0.2) is 63.2 Å². The molecule has 1 spiro atoms. The standard InChI is InChI=1S/C22H30N4O3/c1-24-18-14-22(8-12-26(13-9-22)20(27)16-6-2-3-7-16)29-15-17(18)19(23-24)21(28)25-10-4-5-11-25/h2-3,16H,4-15H2,1H3. The van der Waals surface area contributed by atoms with Crippen molar-refractivity contribution in [3.8, 4) is 0 Å². The van der Waals surface area contributed by atoms with Crippen LogP contribution in [0.25, 0.3) is 0 Å². The van der Waals surface area contributed by atoms with Crippen molar-refractivity contribution in [2.24, 2.45) is 13.0 Å². The number of rotatable bonds is 2. The fourth-order valence-corrected chi connectivity index (χ4v) is 5.33. The molecule has 0 atom stereocenters. The Hall–Kier alpha value is -2.15. The summed E-state index contributed by atoms with van der Waals surface area (Å²) >= 11 is 0. The number of aromatic nitrogens is 2. The predicted octanol–water partition coefficient (Wildman–Crippen LogP) is 2.06. The van der Waals surface area contributed by atoms with Crippen LogP contribution >= 0.6 is 0 Å². The summed E-state index contributed by atoms with van der Waals surface area (Å²) in [5.74, 6) is 0.476. The highest BCUT2D eigenvalue weighted by molar-refractivity contribution is 5.94. The lowest BCUT2D eigenvalue weighted by atomic mass is 9.83. The second-order valence-corrected chi connectivity index (χ2v) is 9.01. The largest absolute Gasteiger partial charge is 0.370 e. The minimum atomic E-state index is -0.237. The first-order valence-corrected chi connectivity index (χ1v) is 11.0. The number of nitrogens with zero attached hydrogens (tertiary/aromatic N) is 4. The van der Waals surface area contributed by atoms with E-state index in [0.29, 0.717) is 18.2 Å². The highest BCUT2D eigenvalue weighted by atomic mass is 16.5. The molecule has 2 saturated heterocycles. The molecule has 4 heterocycles. The molecular weight excluding hydrogens is 368 g/mol. The zero-order valence-corrected chi connectivity index (χ0v) is 17.2. The Morgan fingerprint density at radius 2 is 1.76 bits per heavy atom. The van der Waals surface area contributed by atoms with Gasteiger partial charge in [0.15, 0.2) is 5.69 Å². The first kappa shape index (κ1) is 18.9. The minimum absolute atomic E-state index is 0.0458. The van der Waals surface area contributed by atoms with Crippen LogP contribution in [0.1, 0.15) is 60.3 Å². The lowest BCUT2D eigenvalue weighted by Gasteiger charge is -2.44. The van der Waals surface area contributed by atoms with Gasteiger partial charge in [0.25, 0.3) is 5.91 Å². The third-order valence-electron chi connectivity index (χ3n) is 7.23. The Kier molecular flexibility index (Phi) is 4.73. The van der Waals surface area contributed by atoms with Crippen molar-refractivity contribution >= 4 is 11.8 Å². The number of piperidine rings is 1. The van der Waals surface area contributed by atoms with Gasteiger partial charge in [-0.25, -0.2) is 0 Å². The van der Waals surface area contributed by atoms with Crippen molar-refractivity contribution in [1.82, 2.24) is 19.6 Å². The van der Waals surface area contributed by atoms with E-state index < -0.39 is 0 Å². The van der Waals surface area contributed by atoms with E-state index >= 15 is 0 Å². The molecule has 1 aromatic heterocycles. The Balaban J connectivity index is 1.28. The lowest BCUT2D eigenvalue weighted by molar-refractivity contribution is -0.144. The Morgan fingerprint density at radius 3 is 2.45 bits per heavy atom. The molecule has 0 N–H and O–H groups in total. The second-order valence-electron chi connectivity index (χ2n) is 9.01. The summed E-state index contributed by atoms with van der Waals surface area (Å²) in [5.41, 5.74) is 2.42. The summed E-state index contributed by atoms with van der Waals surface area (Å²) in [6.07, 6.45) is 10.6. The second kappa shape index (κ2) is 7.27. The molecule has 29 heavy (non-hydrogen) atoms. The number of hydrogen-bond acceptors (Lipinski definition) is 4. The van der Waals surface area contributed by atoms with E-state index in [1.807, 2.05) is 21.5 Å². The summed E-state index contributed by atoms with van der Waals surface area (Å²) in [4.78, 5) is 29.5. The average molecular weight is 399 g/mol. The number of aryl methyl sites for hydroxylation is 1. The quantitative estimate of drug-likeness (QED) is 0.715. The average Bonchev–Trinajstić information content (AvgIpc) is 3.50. The van der Waals surface area contributed by atoms with Gasteiger partial charge in [-0.3, -0.25) is 14.3 Å². The third kappa shape index (κ3) is 3.29. The van der Waals surface area contributed by atoms with Gasteiger partial charge in [0.2, 0.25) is 5.91 Å². The SMILES string of the molecule is Cn1nc(C(=O)N2CCCC2)c2c1CC1(CCN(C(=O)C3CC=CC3)CC1)OC2. The molecule has 0 radical (unpaired) electrons. The smallest absolute Gasteiger partial charge is 0.274 e. The van der Waals surface area contributed by atoms with Crippen LogP contribution in [0.5, 0.6) is 0 Å². The number of hydrogen-bond donors (Lipinski definition) is 0. The fourth-order valence-electron chi connectivity index (χ4n) is 5.33. The van der Waals surface area contributed by atoms with Gasteiger partial charge in [-0.15, -0.1) is 0 Å². The molecular formula is C22H30N4O3. The summed E-state index contributed by atoms with van der Waals surface area (Å²) in [6.45, 7) is 3.60. The number of carbonyl (C=O) groups excluding carboxylic acids is 2. The van der Waals surface area contributed by atoms with Gasteiger partial charge >= 0.3 is 0 Å². The van der Waals surface area contributed by atoms with Crippen LogP contribution in [0.15, 0.2) is 12.2 Å². The van der Waals surface area contributed by atoms with Crippen LogP contribution < -0.4 is 0 Å². The molecule has 0 bridgehead atoms. The summed E-state index contributed by atoms with van der Waals surface area (Å²) < 4.78 is 8.26. The van der Waals surface area contributed by atoms with E-state index in [-0.39, 0.29) is 17.4 Å². The molecule has 4 aliphatic rings. The summed E-state index contributed by atoms with van der Waals surface area (Å²) in [6, 6.07) is 0. The Labute approximate surface area is 171 Å². The first-order valence-electron chi connectivity index (χ1n) is 11.0. The maximum absolute atomic E-state index is 12.9. The summed E-state index contributed by atoms with van der Waals surface area (Å²) in [5, 5.41) is 4.58. The van der Waals surface area contributed by atoms with Crippen molar-refractivity contribution in [3.05, 3.63) is 29.1 Å². The van der Waals surface area contributed by atoms with Crippen molar-refractivity contribution < 1.29 is 14.3 Å². The van der Waals surface area contributed by atoms with Crippen molar-refractivity contribution in [2.45, 2.75) is 57.2 Å². The predicted molar refractivity (Wildman–Crippen MR) is 107 cm³/mol. The van der Waals surface area contributed by atoms with E-state index in [1.165, 1.54) is 0 Å². The molecule has 0 unspecified atom stereocenters. The van der Waals surface area contributed by atoms with Crippen LogP contribution in [0.3, 0.4) is 0 Å². The number of likely N-dealkylation sites (tertiary alicyclic amines) is 2. The van der Waals surface area contributed by atoms with Gasteiger partial charge < -0.3 is 14.5 Å². The number of allylic oxidation sites excluding steroid dienone is 2. The monoisotopic (exact) mass is 398 g/mol. The van der Waals surface area contributed by atoms with E-state index in [9.17, 15) is 9.59 Å². The molecule has 156 valence electrons. The molecule has 0 aromatic carbocycles. The minimum Gasteiger partial charge on any atom is -0.370 e. The Bertz CT molecular complexity index is 836. The fraction of sp³-hybridized carbons (Fsp3) is 0.682.